The van der Waals surface area contributed by atoms with Gasteiger partial charge in [0.2, 0.25) is 0 Å². The van der Waals surface area contributed by atoms with Gasteiger partial charge < -0.3 is 10.7 Å². The third-order valence-corrected chi connectivity index (χ3v) is 3.00. The quantitative estimate of drug-likeness (QED) is 0.721. The number of H-pyrrole nitrogens is 1. The van der Waals surface area contributed by atoms with E-state index in [9.17, 15) is 0 Å². The second kappa shape index (κ2) is 4.23. The summed E-state index contributed by atoms with van der Waals surface area (Å²) >= 11 is 0. The fourth-order valence-corrected chi connectivity index (χ4v) is 2.00. The lowest BCUT2D eigenvalue weighted by atomic mass is 10.1. The van der Waals surface area contributed by atoms with Crippen molar-refractivity contribution in [3.8, 4) is 11.3 Å². The Labute approximate surface area is 105 Å². The molecule has 90 valence electrons. The Balaban J connectivity index is 2.09. The number of aromatic amines is 1. The normalized spacial score (nSPS) is 12.8. The molecule has 1 aromatic carbocycles. The summed E-state index contributed by atoms with van der Waals surface area (Å²) in [5.41, 5.74) is 9.59. The number of para-hydroxylation sites is 1. The van der Waals surface area contributed by atoms with Crippen molar-refractivity contribution in [2.75, 3.05) is 0 Å². The molecule has 3 rings (SSSR count). The zero-order valence-electron chi connectivity index (χ0n) is 10.1. The molecule has 0 bridgehead atoms. The number of hydrogen-bond donors (Lipinski definition) is 2. The van der Waals surface area contributed by atoms with Crippen LogP contribution in [0.4, 0.5) is 0 Å². The van der Waals surface area contributed by atoms with Gasteiger partial charge in [0.25, 0.3) is 0 Å². The first kappa shape index (κ1) is 10.9. The van der Waals surface area contributed by atoms with Gasteiger partial charge >= 0.3 is 0 Å². The molecule has 4 heteroatoms. The summed E-state index contributed by atoms with van der Waals surface area (Å²) < 4.78 is 0. The van der Waals surface area contributed by atoms with Gasteiger partial charge in [-0.15, -0.1) is 0 Å². The van der Waals surface area contributed by atoms with Crippen LogP contribution in [-0.4, -0.2) is 15.0 Å². The lowest BCUT2D eigenvalue weighted by molar-refractivity contribution is 0.773. The highest BCUT2D eigenvalue weighted by Crippen LogP contribution is 2.26. The maximum Gasteiger partial charge on any atom is 0.0906 e. The van der Waals surface area contributed by atoms with Crippen molar-refractivity contribution in [2.24, 2.45) is 5.73 Å². The van der Waals surface area contributed by atoms with Gasteiger partial charge in [0.05, 0.1) is 23.8 Å². The van der Waals surface area contributed by atoms with Gasteiger partial charge in [-0.25, -0.2) is 0 Å². The molecule has 3 N–H and O–H groups in total. The number of nitrogens with zero attached hydrogens (tertiary/aromatic N) is 2. The molecule has 0 aliphatic heterocycles. The van der Waals surface area contributed by atoms with Crippen molar-refractivity contribution in [1.29, 1.82) is 0 Å². The molecule has 18 heavy (non-hydrogen) atoms. The maximum atomic E-state index is 5.76. The topological polar surface area (TPSA) is 67.6 Å². The summed E-state index contributed by atoms with van der Waals surface area (Å²) in [7, 11) is 0. The molecule has 0 amide bonds. The summed E-state index contributed by atoms with van der Waals surface area (Å²) in [4.78, 5) is 12.0. The monoisotopic (exact) mass is 238 g/mol. The van der Waals surface area contributed by atoms with Gasteiger partial charge in [-0.3, -0.25) is 9.97 Å². The molecule has 0 spiro atoms. The number of benzene rings is 1. The molecule has 0 radical (unpaired) electrons. The number of hydrogen-bond acceptors (Lipinski definition) is 3. The zero-order valence-corrected chi connectivity index (χ0v) is 10.1. The molecule has 0 aliphatic rings. The molecule has 4 nitrogen and oxygen atoms in total. The van der Waals surface area contributed by atoms with Gasteiger partial charge in [0, 0.05) is 28.7 Å². The second-order valence-corrected chi connectivity index (χ2v) is 4.36. The van der Waals surface area contributed by atoms with E-state index in [1.54, 1.807) is 12.4 Å². The van der Waals surface area contributed by atoms with Gasteiger partial charge in [-0.2, -0.15) is 0 Å². The average molecular weight is 238 g/mol. The Bertz CT molecular complexity index is 668. The molecule has 1 atom stereocenters. The Morgan fingerprint density at radius 1 is 1.17 bits per heavy atom. The van der Waals surface area contributed by atoms with Crippen LogP contribution in [0.2, 0.25) is 0 Å². The first-order chi connectivity index (χ1) is 8.75. The van der Waals surface area contributed by atoms with Crippen LogP contribution in [-0.2, 0) is 0 Å². The van der Waals surface area contributed by atoms with Crippen LogP contribution in [0.15, 0.2) is 42.9 Å². The van der Waals surface area contributed by atoms with E-state index in [2.05, 4.69) is 21.0 Å². The molecular formula is C14H14N4. The first-order valence-electron chi connectivity index (χ1n) is 5.90. The number of nitrogens with one attached hydrogen (secondary N) is 1. The molecule has 3 aromatic rings. The SMILES string of the molecule is C[C@H](N)c1cnc(-c2c[nH]c3ccccc23)cn1. The highest BCUT2D eigenvalue weighted by atomic mass is 14.8. The lowest BCUT2D eigenvalue weighted by Gasteiger charge is -2.04. The van der Waals surface area contributed by atoms with Gasteiger partial charge in [-0.1, -0.05) is 18.2 Å². The molecule has 0 fully saturated rings. The van der Waals surface area contributed by atoms with E-state index in [0.717, 1.165) is 27.9 Å². The molecular weight excluding hydrogens is 224 g/mol. The third kappa shape index (κ3) is 1.76. The summed E-state index contributed by atoms with van der Waals surface area (Å²) in [5, 5.41) is 1.15. The number of rotatable bonds is 2. The van der Waals surface area contributed by atoms with Crippen LogP contribution in [0, 0.1) is 0 Å². The van der Waals surface area contributed by atoms with E-state index in [-0.39, 0.29) is 6.04 Å². The molecule has 0 unspecified atom stereocenters. The van der Waals surface area contributed by atoms with Crippen LogP contribution >= 0.6 is 0 Å². The van der Waals surface area contributed by atoms with Gasteiger partial charge in [0.1, 0.15) is 0 Å². The van der Waals surface area contributed by atoms with Gasteiger partial charge in [0.15, 0.2) is 0 Å². The minimum atomic E-state index is -0.0884. The van der Waals surface area contributed by atoms with Crippen molar-refractivity contribution >= 4 is 10.9 Å². The lowest BCUT2D eigenvalue weighted by Crippen LogP contribution is -2.07. The number of fused-ring (bicyclic) bond motifs is 1. The Morgan fingerprint density at radius 3 is 2.72 bits per heavy atom. The van der Waals surface area contributed by atoms with Crippen LogP contribution in [0.5, 0.6) is 0 Å². The Kier molecular flexibility index (Phi) is 2.57. The van der Waals surface area contributed by atoms with Crippen LogP contribution in [0.1, 0.15) is 18.7 Å². The fraction of sp³-hybridized carbons (Fsp3) is 0.143. The van der Waals surface area contributed by atoms with E-state index in [1.165, 1.54) is 0 Å². The van der Waals surface area contributed by atoms with Crippen molar-refractivity contribution in [2.45, 2.75) is 13.0 Å². The van der Waals surface area contributed by atoms with Crippen LogP contribution in [0.25, 0.3) is 22.2 Å². The molecule has 2 heterocycles. The van der Waals surface area contributed by atoms with E-state index >= 15 is 0 Å². The highest BCUT2D eigenvalue weighted by molar-refractivity contribution is 5.94. The van der Waals surface area contributed by atoms with E-state index in [0.29, 0.717) is 0 Å². The average Bonchev–Trinajstić information content (AvgIpc) is 2.82. The molecule has 0 saturated carbocycles. The van der Waals surface area contributed by atoms with Crippen molar-refractivity contribution in [3.05, 3.63) is 48.5 Å². The fourth-order valence-electron chi connectivity index (χ4n) is 2.00. The largest absolute Gasteiger partial charge is 0.360 e. The predicted octanol–water partition coefficient (Wildman–Crippen LogP) is 2.64. The summed E-state index contributed by atoms with van der Waals surface area (Å²) in [6, 6.07) is 8.05. The minimum Gasteiger partial charge on any atom is -0.360 e. The molecule has 2 aromatic heterocycles. The first-order valence-corrected chi connectivity index (χ1v) is 5.90. The van der Waals surface area contributed by atoms with Crippen molar-refractivity contribution in [3.63, 3.8) is 0 Å². The predicted molar refractivity (Wildman–Crippen MR) is 71.9 cm³/mol. The maximum absolute atomic E-state index is 5.76. The summed E-state index contributed by atoms with van der Waals surface area (Å²) in [6.45, 7) is 1.90. The molecule has 0 aliphatic carbocycles. The highest BCUT2D eigenvalue weighted by Gasteiger charge is 2.08. The summed E-state index contributed by atoms with van der Waals surface area (Å²) in [5.74, 6) is 0. The Morgan fingerprint density at radius 2 is 2.00 bits per heavy atom. The van der Waals surface area contributed by atoms with E-state index in [4.69, 9.17) is 5.73 Å². The van der Waals surface area contributed by atoms with Crippen LogP contribution < -0.4 is 5.73 Å². The van der Waals surface area contributed by atoms with Gasteiger partial charge in [-0.05, 0) is 13.0 Å². The smallest absolute Gasteiger partial charge is 0.0906 e. The van der Waals surface area contributed by atoms with Crippen LogP contribution in [0.3, 0.4) is 0 Å². The second-order valence-electron chi connectivity index (χ2n) is 4.36. The zero-order chi connectivity index (χ0) is 12.5. The number of nitrogens with two attached hydrogens (primary N) is 1. The minimum absolute atomic E-state index is 0.0884. The Hall–Kier alpha value is -2.20. The standard InChI is InChI=1S/C14H14N4/c1-9(15)13-7-18-14(8-17-13)11-6-16-12-5-3-2-4-10(11)12/h2-9,16H,15H2,1H3/t9-/m0/s1. The van der Waals surface area contributed by atoms with E-state index in [1.807, 2.05) is 31.3 Å². The third-order valence-electron chi connectivity index (χ3n) is 3.00. The molecule has 0 saturated heterocycles. The summed E-state index contributed by atoms with van der Waals surface area (Å²) in [6.07, 6.45) is 5.47. The van der Waals surface area contributed by atoms with Crippen molar-refractivity contribution in [1.82, 2.24) is 15.0 Å². The van der Waals surface area contributed by atoms with E-state index < -0.39 is 0 Å². The number of aromatic nitrogens is 3. The van der Waals surface area contributed by atoms with Crippen molar-refractivity contribution < 1.29 is 0 Å².